The molecular weight excluding hydrogens is 276 g/mol. The third-order valence-electron chi connectivity index (χ3n) is 3.68. The zero-order chi connectivity index (χ0) is 15.8. The maximum atomic E-state index is 11.0. The number of hydrogen-bond donors (Lipinski definition) is 3. The van der Waals surface area contributed by atoms with Gasteiger partial charge in [0.05, 0.1) is 6.04 Å². The number of hydrogen-bond acceptors (Lipinski definition) is 2. The Bertz CT molecular complexity index is 572. The Kier molecular flexibility index (Phi) is 5.98. The Balaban J connectivity index is 1.96. The monoisotopic (exact) mass is 298 g/mol. The molecule has 0 aromatic heterocycles. The normalized spacial score (nSPS) is 13.3. The molecule has 0 radical (unpaired) electrons. The van der Waals surface area contributed by atoms with Gasteiger partial charge in [-0.25, -0.2) is 4.79 Å². The van der Waals surface area contributed by atoms with Crippen LogP contribution in [0.1, 0.15) is 18.1 Å². The minimum absolute atomic E-state index is 0.0245. The Morgan fingerprint density at radius 1 is 1.00 bits per heavy atom. The quantitative estimate of drug-likeness (QED) is 0.736. The van der Waals surface area contributed by atoms with E-state index in [-0.39, 0.29) is 12.1 Å². The molecule has 1 amide bonds. The van der Waals surface area contributed by atoms with Crippen molar-refractivity contribution in [2.45, 2.75) is 32.0 Å². The minimum Gasteiger partial charge on any atom is -0.465 e. The maximum Gasteiger partial charge on any atom is 0.404 e. The highest BCUT2D eigenvalue weighted by Gasteiger charge is 2.19. The van der Waals surface area contributed by atoms with E-state index in [1.807, 2.05) is 55.5 Å². The first-order valence-corrected chi connectivity index (χ1v) is 7.46. The van der Waals surface area contributed by atoms with Crippen molar-refractivity contribution in [1.29, 1.82) is 0 Å². The number of amides is 1. The summed E-state index contributed by atoms with van der Waals surface area (Å²) in [5, 5.41) is 15.1. The van der Waals surface area contributed by atoms with Gasteiger partial charge in [0.25, 0.3) is 0 Å². The number of carbonyl (C=O) groups is 1. The van der Waals surface area contributed by atoms with E-state index in [1.165, 1.54) is 5.56 Å². The van der Waals surface area contributed by atoms with Gasteiger partial charge in [-0.15, -0.1) is 0 Å². The fourth-order valence-corrected chi connectivity index (χ4v) is 2.40. The smallest absolute Gasteiger partial charge is 0.404 e. The van der Waals surface area contributed by atoms with Crippen LogP contribution in [0.5, 0.6) is 0 Å². The van der Waals surface area contributed by atoms with Gasteiger partial charge in [0, 0.05) is 12.6 Å². The van der Waals surface area contributed by atoms with Gasteiger partial charge in [0.15, 0.2) is 0 Å². The second-order valence-electron chi connectivity index (χ2n) is 5.40. The molecule has 0 aliphatic rings. The first-order chi connectivity index (χ1) is 10.6. The van der Waals surface area contributed by atoms with Crippen LogP contribution in [0.4, 0.5) is 4.79 Å². The summed E-state index contributed by atoms with van der Waals surface area (Å²) in [5.41, 5.74) is 2.30. The van der Waals surface area contributed by atoms with E-state index >= 15 is 0 Å². The average Bonchev–Trinajstić information content (AvgIpc) is 2.53. The Morgan fingerprint density at radius 3 is 2.09 bits per heavy atom. The lowest BCUT2D eigenvalue weighted by Gasteiger charge is -2.25. The first kappa shape index (κ1) is 16.0. The summed E-state index contributed by atoms with van der Waals surface area (Å²) in [7, 11) is 0. The van der Waals surface area contributed by atoms with E-state index in [0.717, 1.165) is 5.56 Å². The Morgan fingerprint density at radius 2 is 1.55 bits per heavy atom. The second-order valence-corrected chi connectivity index (χ2v) is 5.40. The molecule has 2 aromatic carbocycles. The standard InChI is InChI=1S/C18H22N2O2/c1-14(19-13-16-10-6-3-7-11-16)17(20-18(21)22)12-15-8-4-2-5-9-15/h2-11,14,17,19-20H,12-13H2,1H3,(H,21,22)/t14?,17-/m1/s1. The van der Waals surface area contributed by atoms with Crippen LogP contribution in [0, 0.1) is 0 Å². The van der Waals surface area contributed by atoms with Crippen LogP contribution in [0.2, 0.25) is 0 Å². The summed E-state index contributed by atoms with van der Waals surface area (Å²) in [5.74, 6) is 0. The number of benzene rings is 2. The fraction of sp³-hybridized carbons (Fsp3) is 0.278. The number of carboxylic acid groups (broad SMARTS) is 1. The van der Waals surface area contributed by atoms with Gasteiger partial charge < -0.3 is 15.7 Å². The molecule has 2 atom stereocenters. The van der Waals surface area contributed by atoms with Crippen LogP contribution in [0.3, 0.4) is 0 Å². The minimum atomic E-state index is -0.991. The molecule has 4 nitrogen and oxygen atoms in total. The van der Waals surface area contributed by atoms with Crippen LogP contribution in [-0.2, 0) is 13.0 Å². The molecule has 22 heavy (non-hydrogen) atoms. The van der Waals surface area contributed by atoms with Gasteiger partial charge >= 0.3 is 6.09 Å². The van der Waals surface area contributed by atoms with Gasteiger partial charge in [0.2, 0.25) is 0 Å². The summed E-state index contributed by atoms with van der Waals surface area (Å²) in [6, 6.07) is 19.9. The van der Waals surface area contributed by atoms with E-state index in [0.29, 0.717) is 13.0 Å². The molecule has 3 N–H and O–H groups in total. The summed E-state index contributed by atoms with van der Waals surface area (Å²) in [6.07, 6.45) is -0.329. The van der Waals surface area contributed by atoms with Gasteiger partial charge in [-0.2, -0.15) is 0 Å². The molecular formula is C18H22N2O2. The molecule has 2 aromatic rings. The van der Waals surface area contributed by atoms with Crippen molar-refractivity contribution >= 4 is 6.09 Å². The summed E-state index contributed by atoms with van der Waals surface area (Å²) in [4.78, 5) is 11.0. The van der Waals surface area contributed by atoms with Crippen LogP contribution >= 0.6 is 0 Å². The largest absolute Gasteiger partial charge is 0.465 e. The molecule has 0 aliphatic heterocycles. The molecule has 0 bridgehead atoms. The van der Waals surface area contributed by atoms with Crippen molar-refractivity contribution < 1.29 is 9.90 Å². The lowest BCUT2D eigenvalue weighted by atomic mass is 10.0. The topological polar surface area (TPSA) is 61.4 Å². The van der Waals surface area contributed by atoms with E-state index < -0.39 is 6.09 Å². The predicted octanol–water partition coefficient (Wildman–Crippen LogP) is 3.04. The van der Waals surface area contributed by atoms with E-state index in [1.54, 1.807) is 0 Å². The molecule has 1 unspecified atom stereocenters. The van der Waals surface area contributed by atoms with Crippen molar-refractivity contribution in [3.8, 4) is 0 Å². The van der Waals surface area contributed by atoms with Crippen LogP contribution in [0.25, 0.3) is 0 Å². The van der Waals surface area contributed by atoms with Crippen molar-refractivity contribution in [3.63, 3.8) is 0 Å². The predicted molar refractivity (Wildman–Crippen MR) is 87.8 cm³/mol. The van der Waals surface area contributed by atoms with Gasteiger partial charge in [-0.1, -0.05) is 60.7 Å². The molecule has 0 saturated carbocycles. The summed E-state index contributed by atoms with van der Waals surface area (Å²) >= 11 is 0. The zero-order valence-electron chi connectivity index (χ0n) is 12.7. The molecule has 0 heterocycles. The zero-order valence-corrected chi connectivity index (χ0v) is 12.7. The third-order valence-corrected chi connectivity index (χ3v) is 3.68. The molecule has 4 heteroatoms. The van der Waals surface area contributed by atoms with Crippen molar-refractivity contribution in [2.24, 2.45) is 0 Å². The summed E-state index contributed by atoms with van der Waals surface area (Å²) in [6.45, 7) is 2.72. The highest BCUT2D eigenvalue weighted by molar-refractivity contribution is 5.65. The van der Waals surface area contributed by atoms with E-state index in [2.05, 4.69) is 22.8 Å². The SMILES string of the molecule is CC(NCc1ccccc1)[C@@H](Cc1ccccc1)NC(=O)O. The van der Waals surface area contributed by atoms with E-state index in [4.69, 9.17) is 5.11 Å². The van der Waals surface area contributed by atoms with Crippen LogP contribution in [-0.4, -0.2) is 23.3 Å². The highest BCUT2D eigenvalue weighted by atomic mass is 16.4. The van der Waals surface area contributed by atoms with Gasteiger partial charge in [-0.05, 0) is 24.5 Å². The molecule has 0 spiro atoms. The summed E-state index contributed by atoms with van der Waals surface area (Å²) < 4.78 is 0. The molecule has 2 rings (SSSR count). The third kappa shape index (κ3) is 5.22. The first-order valence-electron chi connectivity index (χ1n) is 7.46. The van der Waals surface area contributed by atoms with Gasteiger partial charge in [0.1, 0.15) is 0 Å². The lowest BCUT2D eigenvalue weighted by Crippen LogP contribution is -2.49. The number of nitrogens with one attached hydrogen (secondary N) is 2. The molecule has 0 saturated heterocycles. The number of rotatable bonds is 7. The van der Waals surface area contributed by atoms with Gasteiger partial charge in [-0.3, -0.25) is 0 Å². The van der Waals surface area contributed by atoms with E-state index in [9.17, 15) is 4.79 Å². The molecule has 0 fully saturated rings. The maximum absolute atomic E-state index is 11.0. The van der Waals surface area contributed by atoms with Crippen LogP contribution in [0.15, 0.2) is 60.7 Å². The molecule has 0 aliphatic carbocycles. The Hall–Kier alpha value is -2.33. The van der Waals surface area contributed by atoms with Crippen LogP contribution < -0.4 is 10.6 Å². The van der Waals surface area contributed by atoms with Crippen molar-refractivity contribution in [1.82, 2.24) is 10.6 Å². The second kappa shape index (κ2) is 8.20. The Labute approximate surface area is 131 Å². The molecule has 116 valence electrons. The lowest BCUT2D eigenvalue weighted by molar-refractivity contribution is 0.186. The average molecular weight is 298 g/mol. The fourth-order valence-electron chi connectivity index (χ4n) is 2.40. The van der Waals surface area contributed by atoms with Crippen molar-refractivity contribution in [2.75, 3.05) is 0 Å². The van der Waals surface area contributed by atoms with Crippen molar-refractivity contribution in [3.05, 3.63) is 71.8 Å². The highest BCUT2D eigenvalue weighted by Crippen LogP contribution is 2.07.